The van der Waals surface area contributed by atoms with E-state index < -0.39 is 0 Å². The highest BCUT2D eigenvalue weighted by molar-refractivity contribution is 6.30. The second kappa shape index (κ2) is 12.5. The highest BCUT2D eigenvalue weighted by Crippen LogP contribution is 2.46. The maximum absolute atomic E-state index is 2.47. The minimum Gasteiger partial charge on any atom is -0.309 e. The van der Waals surface area contributed by atoms with Crippen molar-refractivity contribution in [2.45, 2.75) is 0 Å². The van der Waals surface area contributed by atoms with Crippen molar-refractivity contribution >= 4 is 75.7 Å². The molecule has 12 aromatic rings. The van der Waals surface area contributed by atoms with Gasteiger partial charge in [-0.15, -0.1) is 0 Å². The zero-order chi connectivity index (χ0) is 37.5. The van der Waals surface area contributed by atoms with Crippen LogP contribution < -0.4 is 0 Å². The van der Waals surface area contributed by atoms with Crippen LogP contribution in [0.5, 0.6) is 0 Å². The Morgan fingerprint density at radius 2 is 0.684 bits per heavy atom. The molecule has 0 saturated carbocycles. The molecule has 0 aliphatic heterocycles. The Bertz CT molecular complexity index is 3490. The Morgan fingerprint density at radius 1 is 0.246 bits per heavy atom. The van der Waals surface area contributed by atoms with Crippen molar-refractivity contribution in [3.63, 3.8) is 0 Å². The summed E-state index contributed by atoms with van der Waals surface area (Å²) in [6.07, 6.45) is 0. The van der Waals surface area contributed by atoms with Gasteiger partial charge in [0.2, 0.25) is 0 Å². The average Bonchev–Trinajstić information content (AvgIpc) is 3.63. The van der Waals surface area contributed by atoms with Gasteiger partial charge in [0.05, 0.1) is 11.0 Å². The van der Waals surface area contributed by atoms with Crippen LogP contribution in [-0.2, 0) is 0 Å². The molecule has 1 aromatic heterocycles. The fourth-order valence-electron chi connectivity index (χ4n) is 9.74. The van der Waals surface area contributed by atoms with E-state index in [1.54, 1.807) is 0 Å². The van der Waals surface area contributed by atoms with Crippen molar-refractivity contribution in [3.05, 3.63) is 212 Å². The van der Waals surface area contributed by atoms with E-state index in [1.165, 1.54) is 109 Å². The normalized spacial score (nSPS) is 11.9. The first-order chi connectivity index (χ1) is 28.3. The van der Waals surface area contributed by atoms with E-state index in [0.717, 1.165) is 5.69 Å². The molecular formula is C56H35N. The van der Waals surface area contributed by atoms with Crippen molar-refractivity contribution in [1.82, 2.24) is 4.57 Å². The number of fused-ring (bicyclic) bond motifs is 10. The number of nitrogens with zero attached hydrogens (tertiary/aromatic N) is 1. The van der Waals surface area contributed by atoms with E-state index in [2.05, 4.69) is 217 Å². The predicted octanol–water partition coefficient (Wildman–Crippen LogP) is 15.6. The molecule has 0 atom stereocenters. The van der Waals surface area contributed by atoms with E-state index >= 15 is 0 Å². The zero-order valence-electron chi connectivity index (χ0n) is 31.2. The Labute approximate surface area is 330 Å². The first kappa shape index (κ1) is 31.8. The highest BCUT2D eigenvalue weighted by atomic mass is 15.0. The molecular weight excluding hydrogens is 687 g/mol. The Morgan fingerprint density at radius 3 is 1.33 bits per heavy atom. The van der Waals surface area contributed by atoms with Crippen molar-refractivity contribution in [2.75, 3.05) is 0 Å². The molecule has 0 fully saturated rings. The first-order valence-electron chi connectivity index (χ1n) is 19.8. The summed E-state index contributed by atoms with van der Waals surface area (Å²) in [4.78, 5) is 0. The minimum atomic E-state index is 1.15. The second-order valence-corrected chi connectivity index (χ2v) is 15.2. The molecule has 1 heteroatoms. The molecule has 57 heavy (non-hydrogen) atoms. The maximum Gasteiger partial charge on any atom is 0.0547 e. The van der Waals surface area contributed by atoms with Crippen LogP contribution in [0.25, 0.3) is 115 Å². The lowest BCUT2D eigenvalue weighted by atomic mass is 9.86. The second-order valence-electron chi connectivity index (χ2n) is 15.2. The monoisotopic (exact) mass is 721 g/mol. The number of benzene rings is 11. The fraction of sp³-hybridized carbons (Fsp3) is 0. The predicted molar refractivity (Wildman–Crippen MR) is 245 cm³/mol. The van der Waals surface area contributed by atoms with Gasteiger partial charge in [-0.2, -0.15) is 0 Å². The lowest BCUT2D eigenvalue weighted by molar-refractivity contribution is 1.18. The van der Waals surface area contributed by atoms with E-state index in [-0.39, 0.29) is 0 Å². The Balaban J connectivity index is 1.10. The van der Waals surface area contributed by atoms with Gasteiger partial charge in [0.15, 0.2) is 0 Å². The maximum atomic E-state index is 2.47. The van der Waals surface area contributed by atoms with Gasteiger partial charge in [-0.05, 0) is 112 Å². The molecule has 0 amide bonds. The molecule has 0 aliphatic carbocycles. The molecule has 0 N–H and O–H groups in total. The molecule has 0 saturated heterocycles. The van der Waals surface area contributed by atoms with Gasteiger partial charge in [-0.1, -0.05) is 188 Å². The van der Waals surface area contributed by atoms with E-state index in [9.17, 15) is 0 Å². The third kappa shape index (κ3) is 4.76. The van der Waals surface area contributed by atoms with Crippen LogP contribution in [-0.4, -0.2) is 4.57 Å². The minimum absolute atomic E-state index is 1.15. The molecule has 0 unspecified atom stereocenters. The number of hydrogen-bond donors (Lipinski definition) is 0. The van der Waals surface area contributed by atoms with Crippen LogP contribution in [0.3, 0.4) is 0 Å². The van der Waals surface area contributed by atoms with Crippen LogP contribution >= 0.6 is 0 Å². The standard InChI is InChI=1S/C56H35N/c1-2-16-38(17-3-1)53-47-21-8-10-23-49(47)54(50-24-11-9-22-48(50)53)39-28-31-40(32-29-39)57-51-34-30-37-15-5-7-20-42(37)55(51)56-46-27-13-26-44(45(46)33-35-52(56)57)43-25-12-18-36-14-4-6-19-41(36)43/h1-35H. The lowest BCUT2D eigenvalue weighted by Gasteiger charge is -2.18. The highest BCUT2D eigenvalue weighted by Gasteiger charge is 2.20. The molecule has 12 rings (SSSR count). The summed E-state index contributed by atoms with van der Waals surface area (Å²) in [5, 5.41) is 15.2. The van der Waals surface area contributed by atoms with Gasteiger partial charge < -0.3 is 4.57 Å². The number of hydrogen-bond acceptors (Lipinski definition) is 0. The van der Waals surface area contributed by atoms with Gasteiger partial charge in [0.25, 0.3) is 0 Å². The summed E-state index contributed by atoms with van der Waals surface area (Å²) < 4.78 is 2.47. The summed E-state index contributed by atoms with van der Waals surface area (Å²) in [6, 6.07) is 78.2. The molecule has 0 radical (unpaired) electrons. The summed E-state index contributed by atoms with van der Waals surface area (Å²) in [5.41, 5.74) is 11.1. The number of rotatable bonds is 4. The van der Waals surface area contributed by atoms with Gasteiger partial charge in [0, 0.05) is 16.5 Å². The van der Waals surface area contributed by atoms with Gasteiger partial charge in [-0.3, -0.25) is 0 Å². The molecule has 0 spiro atoms. The third-order valence-corrected chi connectivity index (χ3v) is 12.2. The lowest BCUT2D eigenvalue weighted by Crippen LogP contribution is -1.95. The molecule has 0 bridgehead atoms. The van der Waals surface area contributed by atoms with E-state index in [1.807, 2.05) is 0 Å². The molecule has 264 valence electrons. The van der Waals surface area contributed by atoms with E-state index in [0.29, 0.717) is 0 Å². The molecule has 11 aromatic carbocycles. The summed E-state index contributed by atoms with van der Waals surface area (Å²) in [7, 11) is 0. The van der Waals surface area contributed by atoms with Crippen LogP contribution in [0.15, 0.2) is 212 Å². The zero-order valence-corrected chi connectivity index (χ0v) is 31.2. The van der Waals surface area contributed by atoms with Crippen molar-refractivity contribution in [1.29, 1.82) is 0 Å². The Hall–Kier alpha value is -7.48. The molecule has 0 aliphatic rings. The SMILES string of the molecule is c1ccc(-c2c3ccccc3c(-c3ccc(-n4c5ccc6ccccc6c5c5c6cccc(-c7cccc8ccccc78)c6ccc54)cc3)c3ccccc23)cc1. The first-order valence-corrected chi connectivity index (χ1v) is 19.8. The summed E-state index contributed by atoms with van der Waals surface area (Å²) in [5.74, 6) is 0. The summed E-state index contributed by atoms with van der Waals surface area (Å²) in [6.45, 7) is 0. The van der Waals surface area contributed by atoms with Gasteiger partial charge in [0.1, 0.15) is 0 Å². The van der Waals surface area contributed by atoms with Crippen molar-refractivity contribution in [2.24, 2.45) is 0 Å². The largest absolute Gasteiger partial charge is 0.309 e. The molecule has 1 heterocycles. The van der Waals surface area contributed by atoms with Crippen molar-refractivity contribution in [3.8, 4) is 39.1 Å². The van der Waals surface area contributed by atoms with Crippen LogP contribution in [0.2, 0.25) is 0 Å². The van der Waals surface area contributed by atoms with Crippen LogP contribution in [0.1, 0.15) is 0 Å². The third-order valence-electron chi connectivity index (χ3n) is 12.2. The fourth-order valence-corrected chi connectivity index (χ4v) is 9.74. The van der Waals surface area contributed by atoms with Crippen LogP contribution in [0, 0.1) is 0 Å². The Kier molecular flexibility index (Phi) is 7.00. The average molecular weight is 722 g/mol. The van der Waals surface area contributed by atoms with Crippen molar-refractivity contribution < 1.29 is 0 Å². The van der Waals surface area contributed by atoms with Gasteiger partial charge in [-0.25, -0.2) is 0 Å². The quantitative estimate of drug-likeness (QED) is 0.160. The van der Waals surface area contributed by atoms with E-state index in [4.69, 9.17) is 0 Å². The number of aromatic nitrogens is 1. The smallest absolute Gasteiger partial charge is 0.0547 e. The molecule has 1 nitrogen and oxygen atoms in total. The summed E-state index contributed by atoms with van der Waals surface area (Å²) >= 11 is 0. The topological polar surface area (TPSA) is 4.93 Å². The van der Waals surface area contributed by atoms with Gasteiger partial charge >= 0.3 is 0 Å². The van der Waals surface area contributed by atoms with Crippen LogP contribution in [0.4, 0.5) is 0 Å².